The summed E-state index contributed by atoms with van der Waals surface area (Å²) in [6.45, 7) is 3.79. The average Bonchev–Trinajstić information content (AvgIpc) is 2.40. The Kier molecular flexibility index (Phi) is 4.52. The summed E-state index contributed by atoms with van der Waals surface area (Å²) in [5.41, 5.74) is 0. The number of rotatable bonds is 3. The number of ether oxygens (including phenoxy) is 1. The maximum absolute atomic E-state index is 11.7. The number of piperidine rings is 1. The first kappa shape index (κ1) is 13.3. The molecule has 1 aromatic rings. The zero-order chi connectivity index (χ0) is 13.0. The summed E-state index contributed by atoms with van der Waals surface area (Å²) >= 11 is 3.31. The molecule has 1 atom stereocenters. The number of esters is 1. The number of nitrogens with zero attached hydrogens (tertiary/aromatic N) is 3. The molecule has 0 bridgehead atoms. The molecular weight excluding hydrogens is 298 g/mol. The normalized spacial score (nSPS) is 19.7. The van der Waals surface area contributed by atoms with Crippen LogP contribution in [0, 0.1) is 5.92 Å². The standard InChI is InChI=1S/C12H16BrN3O2/c1-2-18-11(17)9-4-3-5-16(8-9)12-14-6-10(13)7-15-12/h6-7,9H,2-5,8H2,1H3/t9-/m0/s1. The summed E-state index contributed by atoms with van der Waals surface area (Å²) in [5, 5.41) is 0. The first-order valence-corrected chi connectivity index (χ1v) is 6.89. The fourth-order valence-electron chi connectivity index (χ4n) is 2.08. The van der Waals surface area contributed by atoms with E-state index in [-0.39, 0.29) is 11.9 Å². The van der Waals surface area contributed by atoms with Gasteiger partial charge in [-0.3, -0.25) is 4.79 Å². The predicted molar refractivity (Wildman–Crippen MR) is 71.3 cm³/mol. The fraction of sp³-hybridized carbons (Fsp3) is 0.583. The van der Waals surface area contributed by atoms with Gasteiger partial charge < -0.3 is 9.64 Å². The van der Waals surface area contributed by atoms with E-state index in [2.05, 4.69) is 25.9 Å². The van der Waals surface area contributed by atoms with Crippen molar-refractivity contribution >= 4 is 27.8 Å². The lowest BCUT2D eigenvalue weighted by atomic mass is 9.98. The summed E-state index contributed by atoms with van der Waals surface area (Å²) < 4.78 is 5.92. The molecule has 98 valence electrons. The molecule has 18 heavy (non-hydrogen) atoms. The van der Waals surface area contributed by atoms with Crippen molar-refractivity contribution in [3.8, 4) is 0 Å². The molecule has 0 aromatic carbocycles. The van der Waals surface area contributed by atoms with E-state index in [0.29, 0.717) is 19.1 Å². The highest BCUT2D eigenvalue weighted by atomic mass is 79.9. The first-order valence-electron chi connectivity index (χ1n) is 6.10. The Hall–Kier alpha value is -1.17. The molecule has 1 aromatic heterocycles. The van der Waals surface area contributed by atoms with E-state index in [0.717, 1.165) is 23.9 Å². The monoisotopic (exact) mass is 313 g/mol. The molecule has 1 fully saturated rings. The number of aromatic nitrogens is 2. The third kappa shape index (κ3) is 3.19. The largest absolute Gasteiger partial charge is 0.466 e. The van der Waals surface area contributed by atoms with Crippen molar-refractivity contribution in [2.75, 3.05) is 24.6 Å². The minimum Gasteiger partial charge on any atom is -0.466 e. The molecule has 5 nitrogen and oxygen atoms in total. The fourth-order valence-corrected chi connectivity index (χ4v) is 2.28. The minimum atomic E-state index is -0.112. The topological polar surface area (TPSA) is 55.3 Å². The van der Waals surface area contributed by atoms with Crippen LogP contribution in [0.1, 0.15) is 19.8 Å². The van der Waals surface area contributed by atoms with E-state index in [4.69, 9.17) is 4.74 Å². The highest BCUT2D eigenvalue weighted by molar-refractivity contribution is 9.10. The Morgan fingerprint density at radius 3 is 2.94 bits per heavy atom. The van der Waals surface area contributed by atoms with Crippen molar-refractivity contribution in [1.29, 1.82) is 0 Å². The zero-order valence-corrected chi connectivity index (χ0v) is 11.9. The van der Waals surface area contributed by atoms with Gasteiger partial charge >= 0.3 is 5.97 Å². The number of hydrogen-bond donors (Lipinski definition) is 0. The molecule has 0 N–H and O–H groups in total. The number of halogens is 1. The summed E-state index contributed by atoms with van der Waals surface area (Å²) in [4.78, 5) is 22.3. The molecule has 6 heteroatoms. The van der Waals surface area contributed by atoms with Gasteiger partial charge in [0, 0.05) is 25.5 Å². The van der Waals surface area contributed by atoms with Gasteiger partial charge in [-0.25, -0.2) is 9.97 Å². The van der Waals surface area contributed by atoms with Gasteiger partial charge in [0.05, 0.1) is 17.0 Å². The summed E-state index contributed by atoms with van der Waals surface area (Å²) in [6, 6.07) is 0. The minimum absolute atomic E-state index is 0.0639. The van der Waals surface area contributed by atoms with Gasteiger partial charge in [0.1, 0.15) is 0 Å². The molecule has 0 saturated carbocycles. The van der Waals surface area contributed by atoms with Crippen LogP contribution in [0.25, 0.3) is 0 Å². The van der Waals surface area contributed by atoms with Gasteiger partial charge in [0.2, 0.25) is 5.95 Å². The molecule has 1 aliphatic rings. The molecular formula is C12H16BrN3O2. The van der Waals surface area contributed by atoms with Crippen molar-refractivity contribution < 1.29 is 9.53 Å². The van der Waals surface area contributed by atoms with Crippen LogP contribution in [0.3, 0.4) is 0 Å². The van der Waals surface area contributed by atoms with Crippen LogP contribution in [0.2, 0.25) is 0 Å². The SMILES string of the molecule is CCOC(=O)[C@H]1CCCN(c2ncc(Br)cn2)C1. The third-order valence-corrected chi connectivity index (χ3v) is 3.34. The summed E-state index contributed by atoms with van der Waals surface area (Å²) in [6.07, 6.45) is 5.28. The van der Waals surface area contributed by atoms with E-state index in [1.807, 2.05) is 11.8 Å². The molecule has 0 spiro atoms. The molecule has 0 aliphatic carbocycles. The quantitative estimate of drug-likeness (QED) is 0.799. The van der Waals surface area contributed by atoms with Crippen LogP contribution >= 0.6 is 15.9 Å². The van der Waals surface area contributed by atoms with Crippen LogP contribution in [0.15, 0.2) is 16.9 Å². The van der Waals surface area contributed by atoms with Crippen LogP contribution in [-0.4, -0.2) is 35.6 Å². The molecule has 1 aliphatic heterocycles. The molecule has 0 unspecified atom stereocenters. The molecule has 2 rings (SSSR count). The van der Waals surface area contributed by atoms with Gasteiger partial charge in [0.15, 0.2) is 0 Å². The summed E-state index contributed by atoms with van der Waals surface area (Å²) in [7, 11) is 0. The Morgan fingerprint density at radius 2 is 2.28 bits per heavy atom. The van der Waals surface area contributed by atoms with Crippen molar-refractivity contribution in [3.63, 3.8) is 0 Å². The molecule has 1 saturated heterocycles. The van der Waals surface area contributed by atoms with Gasteiger partial charge in [-0.15, -0.1) is 0 Å². The second-order valence-electron chi connectivity index (χ2n) is 4.24. The Morgan fingerprint density at radius 1 is 1.56 bits per heavy atom. The second kappa shape index (κ2) is 6.13. The van der Waals surface area contributed by atoms with Crippen LogP contribution in [0.5, 0.6) is 0 Å². The Labute approximate surface area is 115 Å². The maximum Gasteiger partial charge on any atom is 0.310 e. The lowest BCUT2D eigenvalue weighted by molar-refractivity contribution is -0.148. The van der Waals surface area contributed by atoms with Gasteiger partial charge in [-0.2, -0.15) is 0 Å². The molecule has 0 amide bonds. The van der Waals surface area contributed by atoms with E-state index < -0.39 is 0 Å². The molecule has 2 heterocycles. The van der Waals surface area contributed by atoms with Gasteiger partial charge in [-0.05, 0) is 35.7 Å². The average molecular weight is 314 g/mol. The zero-order valence-electron chi connectivity index (χ0n) is 10.3. The van der Waals surface area contributed by atoms with E-state index >= 15 is 0 Å². The van der Waals surface area contributed by atoms with E-state index in [1.165, 1.54) is 0 Å². The second-order valence-corrected chi connectivity index (χ2v) is 5.15. The summed E-state index contributed by atoms with van der Waals surface area (Å²) in [5.74, 6) is 0.498. The van der Waals surface area contributed by atoms with E-state index in [9.17, 15) is 4.79 Å². The lowest BCUT2D eigenvalue weighted by Gasteiger charge is -2.31. The predicted octanol–water partition coefficient (Wildman–Crippen LogP) is 2.02. The van der Waals surface area contributed by atoms with Crippen LogP contribution < -0.4 is 4.90 Å². The van der Waals surface area contributed by atoms with Gasteiger partial charge in [-0.1, -0.05) is 0 Å². The van der Waals surface area contributed by atoms with Crippen molar-refractivity contribution in [2.24, 2.45) is 5.92 Å². The van der Waals surface area contributed by atoms with E-state index in [1.54, 1.807) is 12.4 Å². The Balaban J connectivity index is 2.02. The number of anilines is 1. The molecule has 0 radical (unpaired) electrons. The van der Waals surface area contributed by atoms with Crippen LogP contribution in [0.4, 0.5) is 5.95 Å². The van der Waals surface area contributed by atoms with Crippen LogP contribution in [-0.2, 0) is 9.53 Å². The Bertz CT molecular complexity index is 410. The first-order chi connectivity index (χ1) is 8.70. The lowest BCUT2D eigenvalue weighted by Crippen LogP contribution is -2.40. The highest BCUT2D eigenvalue weighted by Crippen LogP contribution is 2.21. The van der Waals surface area contributed by atoms with Gasteiger partial charge in [0.25, 0.3) is 0 Å². The smallest absolute Gasteiger partial charge is 0.310 e. The van der Waals surface area contributed by atoms with Crippen molar-refractivity contribution in [1.82, 2.24) is 9.97 Å². The van der Waals surface area contributed by atoms with Crippen molar-refractivity contribution in [2.45, 2.75) is 19.8 Å². The highest BCUT2D eigenvalue weighted by Gasteiger charge is 2.27. The number of hydrogen-bond acceptors (Lipinski definition) is 5. The maximum atomic E-state index is 11.7. The number of carbonyl (C=O) groups excluding carboxylic acids is 1. The number of carbonyl (C=O) groups is 1. The third-order valence-electron chi connectivity index (χ3n) is 2.93. The van der Waals surface area contributed by atoms with Crippen molar-refractivity contribution in [3.05, 3.63) is 16.9 Å².